The average Bonchev–Trinajstić information content (AvgIpc) is 2.49. The molecule has 0 saturated carbocycles. The summed E-state index contributed by atoms with van der Waals surface area (Å²) in [6, 6.07) is -0.980. The zero-order chi connectivity index (χ0) is 11.7. The number of hydrogen-bond donors (Lipinski definition) is 3. The molecular weight excluding hydrogens is 196 g/mol. The van der Waals surface area contributed by atoms with Gasteiger partial charge in [0.05, 0.1) is 0 Å². The Bertz CT molecular complexity index is 242. The van der Waals surface area contributed by atoms with Gasteiger partial charge in [-0.15, -0.1) is 0 Å². The molecule has 0 aromatic heterocycles. The molecule has 1 aliphatic heterocycles. The fourth-order valence-electron chi connectivity index (χ4n) is 1.55. The number of ether oxygens (including phenoxy) is 1. The molecule has 15 heavy (non-hydrogen) atoms. The predicted octanol–water partition coefficient (Wildman–Crippen LogP) is -0.620. The lowest BCUT2D eigenvalue weighted by atomic mass is 9.94. The Morgan fingerprint density at radius 1 is 1.60 bits per heavy atom. The van der Waals surface area contributed by atoms with E-state index in [0.717, 1.165) is 0 Å². The highest BCUT2D eigenvalue weighted by Crippen LogP contribution is 2.20. The van der Waals surface area contributed by atoms with Crippen molar-refractivity contribution in [3.63, 3.8) is 0 Å². The third kappa shape index (κ3) is 3.15. The molecule has 0 aliphatic carbocycles. The zero-order valence-corrected chi connectivity index (χ0v) is 9.54. The maximum absolute atomic E-state index is 11.6. The Hall–Kier alpha value is -0.650. The second-order valence-electron chi connectivity index (χ2n) is 5.04. The Morgan fingerprint density at radius 3 is 2.60 bits per heavy atom. The number of hydrogen-bond acceptors (Lipinski definition) is 5. The minimum atomic E-state index is -1.16. The molecule has 1 rings (SSSR count). The van der Waals surface area contributed by atoms with Crippen LogP contribution < -0.4 is 11.1 Å². The number of β-amino-alcohol motifs (C(OH)–C–C–N with tert-alkyl or cyclic N) is 1. The van der Waals surface area contributed by atoms with Crippen LogP contribution in [0.5, 0.6) is 0 Å². The lowest BCUT2D eigenvalue weighted by molar-refractivity contribution is -0.162. The quantitative estimate of drug-likeness (QED) is 0.536. The molecule has 0 aromatic rings. The molecule has 0 bridgehead atoms. The van der Waals surface area contributed by atoms with Crippen LogP contribution in [-0.4, -0.2) is 41.4 Å². The first kappa shape index (κ1) is 12.4. The second-order valence-corrected chi connectivity index (χ2v) is 5.04. The highest BCUT2D eigenvalue weighted by Gasteiger charge is 2.43. The summed E-state index contributed by atoms with van der Waals surface area (Å²) >= 11 is 0. The number of carbonyl (C=O) groups excluding carboxylic acids is 1. The molecule has 0 amide bonds. The van der Waals surface area contributed by atoms with Crippen LogP contribution in [0.4, 0.5) is 0 Å². The smallest absolute Gasteiger partial charge is 0.326 e. The SMILES string of the molecule is CC(C)(C)OC(=O)[C@@H](N)[C@@]1(O)CCNC1. The van der Waals surface area contributed by atoms with Gasteiger partial charge >= 0.3 is 5.97 Å². The normalized spacial score (nSPS) is 28.9. The van der Waals surface area contributed by atoms with Crippen molar-refractivity contribution in [3.05, 3.63) is 0 Å². The average molecular weight is 216 g/mol. The summed E-state index contributed by atoms with van der Waals surface area (Å²) in [6.07, 6.45) is 0.480. The molecule has 0 radical (unpaired) electrons. The van der Waals surface area contributed by atoms with Gasteiger partial charge in [0.25, 0.3) is 0 Å². The van der Waals surface area contributed by atoms with E-state index < -0.39 is 23.2 Å². The lowest BCUT2D eigenvalue weighted by Crippen LogP contribution is -2.55. The molecule has 1 heterocycles. The number of aliphatic hydroxyl groups is 1. The summed E-state index contributed by atoms with van der Waals surface area (Å²) in [6.45, 7) is 6.33. The first-order chi connectivity index (χ1) is 6.75. The van der Waals surface area contributed by atoms with E-state index in [1.165, 1.54) is 0 Å². The molecule has 1 saturated heterocycles. The van der Waals surface area contributed by atoms with Crippen molar-refractivity contribution in [2.75, 3.05) is 13.1 Å². The fraction of sp³-hybridized carbons (Fsp3) is 0.900. The summed E-state index contributed by atoms with van der Waals surface area (Å²) in [4.78, 5) is 11.6. The molecule has 88 valence electrons. The van der Waals surface area contributed by atoms with Crippen molar-refractivity contribution in [3.8, 4) is 0 Å². The van der Waals surface area contributed by atoms with Crippen LogP contribution in [0.2, 0.25) is 0 Å². The van der Waals surface area contributed by atoms with Crippen molar-refractivity contribution >= 4 is 5.97 Å². The largest absolute Gasteiger partial charge is 0.459 e. The minimum Gasteiger partial charge on any atom is -0.459 e. The standard InChI is InChI=1S/C10H20N2O3/c1-9(2,3)15-8(13)7(11)10(14)4-5-12-6-10/h7,12,14H,4-6,11H2,1-3H3/t7-,10-/m1/s1. The van der Waals surface area contributed by atoms with Gasteiger partial charge in [-0.1, -0.05) is 0 Å². The third-order valence-electron chi connectivity index (χ3n) is 2.41. The van der Waals surface area contributed by atoms with Gasteiger partial charge < -0.3 is 20.9 Å². The Kier molecular flexibility index (Phi) is 3.38. The van der Waals surface area contributed by atoms with Crippen LogP contribution in [0.1, 0.15) is 27.2 Å². The molecule has 5 nitrogen and oxygen atoms in total. The summed E-state index contributed by atoms with van der Waals surface area (Å²) < 4.78 is 5.13. The third-order valence-corrected chi connectivity index (χ3v) is 2.41. The Morgan fingerprint density at radius 2 is 2.20 bits per heavy atom. The van der Waals surface area contributed by atoms with E-state index in [-0.39, 0.29) is 0 Å². The maximum atomic E-state index is 11.6. The van der Waals surface area contributed by atoms with Gasteiger partial charge in [-0.25, -0.2) is 0 Å². The molecule has 0 aromatic carbocycles. The zero-order valence-electron chi connectivity index (χ0n) is 9.54. The van der Waals surface area contributed by atoms with Gasteiger partial charge in [0, 0.05) is 6.54 Å². The van der Waals surface area contributed by atoms with Crippen molar-refractivity contribution in [2.24, 2.45) is 5.73 Å². The van der Waals surface area contributed by atoms with E-state index in [1.807, 2.05) is 0 Å². The van der Waals surface area contributed by atoms with Crippen LogP contribution in [0.15, 0.2) is 0 Å². The van der Waals surface area contributed by atoms with Crippen molar-refractivity contribution < 1.29 is 14.6 Å². The molecular formula is C10H20N2O3. The van der Waals surface area contributed by atoms with E-state index >= 15 is 0 Å². The number of carbonyl (C=O) groups is 1. The number of nitrogens with one attached hydrogen (secondary N) is 1. The molecule has 0 spiro atoms. The first-order valence-corrected chi connectivity index (χ1v) is 5.16. The van der Waals surface area contributed by atoms with Crippen LogP contribution in [0, 0.1) is 0 Å². The van der Waals surface area contributed by atoms with Gasteiger partial charge in [-0.3, -0.25) is 4.79 Å². The van der Waals surface area contributed by atoms with Gasteiger partial charge in [0.2, 0.25) is 0 Å². The fourth-order valence-corrected chi connectivity index (χ4v) is 1.55. The Balaban J connectivity index is 2.60. The highest BCUT2D eigenvalue weighted by molar-refractivity contribution is 5.77. The first-order valence-electron chi connectivity index (χ1n) is 5.16. The molecule has 5 heteroatoms. The van der Waals surface area contributed by atoms with Crippen molar-refractivity contribution in [2.45, 2.75) is 44.4 Å². The minimum absolute atomic E-state index is 0.341. The van der Waals surface area contributed by atoms with Crippen LogP contribution >= 0.6 is 0 Å². The van der Waals surface area contributed by atoms with Crippen LogP contribution in [-0.2, 0) is 9.53 Å². The molecule has 1 fully saturated rings. The summed E-state index contributed by atoms with van der Waals surface area (Å²) in [5, 5.41) is 13.0. The number of nitrogens with two attached hydrogens (primary N) is 1. The maximum Gasteiger partial charge on any atom is 0.326 e. The Labute approximate surface area is 90.0 Å². The van der Waals surface area contributed by atoms with Crippen LogP contribution in [0.3, 0.4) is 0 Å². The van der Waals surface area contributed by atoms with Gasteiger partial charge in [0.15, 0.2) is 0 Å². The van der Waals surface area contributed by atoms with Gasteiger partial charge in [-0.05, 0) is 33.7 Å². The summed E-state index contributed by atoms with van der Waals surface area (Å²) in [5.41, 5.74) is 3.96. The lowest BCUT2D eigenvalue weighted by Gasteiger charge is -2.30. The molecule has 0 unspecified atom stereocenters. The monoisotopic (exact) mass is 216 g/mol. The predicted molar refractivity (Wildman–Crippen MR) is 56.3 cm³/mol. The molecule has 2 atom stereocenters. The highest BCUT2D eigenvalue weighted by atomic mass is 16.6. The summed E-state index contributed by atoms with van der Waals surface area (Å²) in [7, 11) is 0. The van der Waals surface area contributed by atoms with Gasteiger partial charge in [-0.2, -0.15) is 0 Å². The van der Waals surface area contributed by atoms with Crippen molar-refractivity contribution in [1.29, 1.82) is 0 Å². The molecule has 1 aliphatic rings. The van der Waals surface area contributed by atoms with Gasteiger partial charge in [0.1, 0.15) is 17.2 Å². The topological polar surface area (TPSA) is 84.6 Å². The van der Waals surface area contributed by atoms with Crippen molar-refractivity contribution in [1.82, 2.24) is 5.32 Å². The van der Waals surface area contributed by atoms with E-state index in [0.29, 0.717) is 19.5 Å². The van der Waals surface area contributed by atoms with E-state index in [4.69, 9.17) is 10.5 Å². The van der Waals surface area contributed by atoms with E-state index in [2.05, 4.69) is 5.32 Å². The van der Waals surface area contributed by atoms with E-state index in [1.54, 1.807) is 20.8 Å². The number of esters is 1. The van der Waals surface area contributed by atoms with Crippen LogP contribution in [0.25, 0.3) is 0 Å². The van der Waals surface area contributed by atoms with E-state index in [9.17, 15) is 9.90 Å². The summed E-state index contributed by atoms with van der Waals surface area (Å²) in [5.74, 6) is -0.547. The number of rotatable bonds is 2. The second kappa shape index (κ2) is 4.08. The molecule has 4 N–H and O–H groups in total.